The lowest BCUT2D eigenvalue weighted by Gasteiger charge is -2.60. The highest BCUT2D eigenvalue weighted by Crippen LogP contribution is 2.22. The standard InChI is InChI=1S/C10H23BN/c1-7-12(11,8-9(2)3)10(4,5)6/h9H,7-8H2,1-6H3. The minimum Gasteiger partial charge on any atom is -0.584 e. The van der Waals surface area contributed by atoms with Gasteiger partial charge in [-0.25, -0.2) is 7.98 Å². The molecule has 0 aliphatic rings. The summed E-state index contributed by atoms with van der Waals surface area (Å²) < 4.78 is 0.671. The molecule has 1 unspecified atom stereocenters. The minimum absolute atomic E-state index is 0.152. The Labute approximate surface area is 79.2 Å². The molecule has 0 aliphatic carbocycles. The van der Waals surface area contributed by atoms with Crippen molar-refractivity contribution in [1.82, 2.24) is 0 Å². The fourth-order valence-electron chi connectivity index (χ4n) is 1.53. The zero-order valence-electron chi connectivity index (χ0n) is 9.52. The molecule has 1 nitrogen and oxygen atoms in total. The van der Waals surface area contributed by atoms with Crippen LogP contribution in [0.15, 0.2) is 0 Å². The fraction of sp³-hybridized carbons (Fsp3) is 1.00. The van der Waals surface area contributed by atoms with Crippen LogP contribution in [-0.2, 0) is 0 Å². The van der Waals surface area contributed by atoms with Crippen molar-refractivity contribution < 1.29 is 4.39 Å². The Morgan fingerprint density at radius 2 is 1.67 bits per heavy atom. The van der Waals surface area contributed by atoms with Gasteiger partial charge in [0.1, 0.15) is 0 Å². The van der Waals surface area contributed by atoms with E-state index in [9.17, 15) is 0 Å². The largest absolute Gasteiger partial charge is 0.584 e. The van der Waals surface area contributed by atoms with Crippen molar-refractivity contribution in [1.29, 1.82) is 0 Å². The Morgan fingerprint density at radius 1 is 1.25 bits per heavy atom. The molecule has 71 valence electrons. The van der Waals surface area contributed by atoms with Crippen LogP contribution in [0, 0.1) is 5.92 Å². The molecular weight excluding hydrogens is 145 g/mol. The van der Waals surface area contributed by atoms with Crippen LogP contribution >= 0.6 is 0 Å². The first kappa shape index (κ1) is 12.0. The second-order valence-electron chi connectivity index (χ2n) is 5.10. The molecule has 0 heterocycles. The van der Waals surface area contributed by atoms with Crippen molar-refractivity contribution in [3.05, 3.63) is 0 Å². The fourth-order valence-corrected chi connectivity index (χ4v) is 1.53. The van der Waals surface area contributed by atoms with Crippen LogP contribution in [0.3, 0.4) is 0 Å². The van der Waals surface area contributed by atoms with E-state index in [2.05, 4.69) is 41.5 Å². The first-order chi connectivity index (χ1) is 5.23. The lowest BCUT2D eigenvalue weighted by molar-refractivity contribution is -0.867. The Morgan fingerprint density at radius 3 is 1.75 bits per heavy atom. The molecule has 0 saturated carbocycles. The molecule has 0 bridgehead atoms. The van der Waals surface area contributed by atoms with E-state index in [1.807, 2.05) is 0 Å². The van der Waals surface area contributed by atoms with Crippen LogP contribution in [-0.4, -0.2) is 31.0 Å². The van der Waals surface area contributed by atoms with Crippen LogP contribution in [0.4, 0.5) is 0 Å². The zero-order chi connectivity index (χ0) is 9.99. The summed E-state index contributed by atoms with van der Waals surface area (Å²) in [6, 6.07) is 0. The predicted molar refractivity (Wildman–Crippen MR) is 56.0 cm³/mol. The summed E-state index contributed by atoms with van der Waals surface area (Å²) in [6.07, 6.45) is 0. The van der Waals surface area contributed by atoms with Crippen molar-refractivity contribution in [2.24, 2.45) is 5.92 Å². The van der Waals surface area contributed by atoms with Gasteiger partial charge in [-0.05, 0) is 33.6 Å². The second-order valence-corrected chi connectivity index (χ2v) is 5.10. The molecule has 1 atom stereocenters. The molecule has 0 aliphatic heterocycles. The Hall–Kier alpha value is 0.0249. The maximum absolute atomic E-state index is 6.31. The van der Waals surface area contributed by atoms with Crippen LogP contribution in [0.5, 0.6) is 0 Å². The average Bonchev–Trinajstić information content (AvgIpc) is 1.83. The van der Waals surface area contributed by atoms with Crippen molar-refractivity contribution in [2.45, 2.75) is 47.1 Å². The number of rotatable bonds is 3. The van der Waals surface area contributed by atoms with E-state index in [0.29, 0.717) is 10.3 Å². The van der Waals surface area contributed by atoms with Gasteiger partial charge in [-0.2, -0.15) is 0 Å². The molecule has 0 aromatic heterocycles. The highest BCUT2D eigenvalue weighted by molar-refractivity contribution is 5.97. The lowest BCUT2D eigenvalue weighted by Crippen LogP contribution is -2.59. The molecule has 0 aromatic carbocycles. The third kappa shape index (κ3) is 2.82. The summed E-state index contributed by atoms with van der Waals surface area (Å²) in [4.78, 5) is 0. The second kappa shape index (κ2) is 3.82. The summed E-state index contributed by atoms with van der Waals surface area (Å²) >= 11 is 0. The van der Waals surface area contributed by atoms with Gasteiger partial charge in [0.15, 0.2) is 0 Å². The van der Waals surface area contributed by atoms with Gasteiger partial charge in [-0.15, -0.1) is 0 Å². The molecule has 2 heteroatoms. The molecule has 0 rings (SSSR count). The summed E-state index contributed by atoms with van der Waals surface area (Å²) in [5.74, 6) is 0.661. The smallest absolute Gasteiger partial charge is 0.0445 e. The topological polar surface area (TPSA) is 0 Å². The Bertz CT molecular complexity index is 137. The first-order valence-electron chi connectivity index (χ1n) is 4.88. The zero-order valence-corrected chi connectivity index (χ0v) is 9.52. The SMILES string of the molecule is [B-][N+](CC)(CC(C)C)C(C)(C)C. The quantitative estimate of drug-likeness (QED) is 0.567. The summed E-state index contributed by atoms with van der Waals surface area (Å²) in [6.45, 7) is 15.3. The lowest BCUT2D eigenvalue weighted by atomic mass is 9.92. The normalized spacial score (nSPS) is 18.0. The monoisotopic (exact) mass is 168 g/mol. The number of hydrogen-bond acceptors (Lipinski definition) is 0. The van der Waals surface area contributed by atoms with Crippen LogP contribution < -0.4 is 0 Å². The molecule has 0 saturated heterocycles. The van der Waals surface area contributed by atoms with Crippen LogP contribution in [0.25, 0.3) is 0 Å². The van der Waals surface area contributed by atoms with Crippen molar-refractivity contribution in [3.8, 4) is 0 Å². The molecule has 0 spiro atoms. The molecule has 0 amide bonds. The molecule has 0 N–H and O–H groups in total. The van der Waals surface area contributed by atoms with E-state index in [-0.39, 0.29) is 5.54 Å². The maximum atomic E-state index is 6.31. The third-order valence-corrected chi connectivity index (χ3v) is 2.59. The third-order valence-electron chi connectivity index (χ3n) is 2.59. The summed E-state index contributed by atoms with van der Waals surface area (Å²) in [5, 5.41) is 0. The highest BCUT2D eigenvalue weighted by atomic mass is 15.3. The van der Waals surface area contributed by atoms with Gasteiger partial charge in [0.2, 0.25) is 0 Å². The van der Waals surface area contributed by atoms with Crippen LogP contribution in [0.2, 0.25) is 0 Å². The van der Waals surface area contributed by atoms with Gasteiger partial charge in [0.25, 0.3) is 0 Å². The van der Waals surface area contributed by atoms with E-state index in [4.69, 9.17) is 7.98 Å². The van der Waals surface area contributed by atoms with E-state index in [0.717, 1.165) is 13.1 Å². The minimum atomic E-state index is 0.152. The van der Waals surface area contributed by atoms with Crippen molar-refractivity contribution >= 4 is 7.98 Å². The van der Waals surface area contributed by atoms with E-state index < -0.39 is 0 Å². The first-order valence-corrected chi connectivity index (χ1v) is 4.88. The van der Waals surface area contributed by atoms with Crippen molar-refractivity contribution in [2.75, 3.05) is 13.1 Å². The van der Waals surface area contributed by atoms with E-state index in [1.165, 1.54) is 0 Å². The average molecular weight is 168 g/mol. The van der Waals surface area contributed by atoms with Gasteiger partial charge < -0.3 is 4.39 Å². The van der Waals surface area contributed by atoms with E-state index >= 15 is 0 Å². The van der Waals surface area contributed by atoms with Gasteiger partial charge in [-0.3, -0.25) is 0 Å². The number of nitrogens with zero attached hydrogens (tertiary/aromatic N) is 1. The number of hydrogen-bond donors (Lipinski definition) is 0. The Balaban J connectivity index is 4.46. The van der Waals surface area contributed by atoms with Crippen molar-refractivity contribution in [3.63, 3.8) is 0 Å². The maximum Gasteiger partial charge on any atom is 0.0445 e. The molecule has 3 radical (unpaired) electrons. The number of quaternary nitrogens is 1. The van der Waals surface area contributed by atoms with Gasteiger partial charge in [0, 0.05) is 18.6 Å². The molecule has 0 fully saturated rings. The van der Waals surface area contributed by atoms with E-state index in [1.54, 1.807) is 0 Å². The van der Waals surface area contributed by atoms with Gasteiger partial charge in [-0.1, -0.05) is 13.8 Å². The predicted octanol–water partition coefficient (Wildman–Crippen LogP) is 2.36. The molecule has 0 aromatic rings. The summed E-state index contributed by atoms with van der Waals surface area (Å²) in [5.41, 5.74) is 0.152. The Kier molecular flexibility index (Phi) is 3.83. The highest BCUT2D eigenvalue weighted by Gasteiger charge is 2.24. The van der Waals surface area contributed by atoms with Gasteiger partial charge >= 0.3 is 0 Å². The molecule has 12 heavy (non-hydrogen) atoms. The summed E-state index contributed by atoms with van der Waals surface area (Å²) in [7, 11) is 6.31. The van der Waals surface area contributed by atoms with Crippen LogP contribution in [0.1, 0.15) is 41.5 Å². The van der Waals surface area contributed by atoms with Gasteiger partial charge in [0.05, 0.1) is 0 Å². The molecular formula is C10H23BN.